The first-order chi connectivity index (χ1) is 11.0. The summed E-state index contributed by atoms with van der Waals surface area (Å²) in [4.78, 5) is 16.4. The van der Waals surface area contributed by atoms with Crippen LogP contribution in [-0.4, -0.2) is 18.0 Å². The number of hydrogen-bond acceptors (Lipinski definition) is 4. The molecular formula is C16H12Cl2N2O3. The third-order valence-electron chi connectivity index (χ3n) is 3.32. The zero-order chi connectivity index (χ0) is 16.6. The highest BCUT2D eigenvalue weighted by molar-refractivity contribution is 6.39. The van der Waals surface area contributed by atoms with Crippen LogP contribution in [0.3, 0.4) is 0 Å². The summed E-state index contributed by atoms with van der Waals surface area (Å²) < 4.78 is 10.9. The van der Waals surface area contributed by atoms with E-state index in [4.69, 9.17) is 32.4 Å². The lowest BCUT2D eigenvalue weighted by atomic mass is 10.1. The van der Waals surface area contributed by atoms with Gasteiger partial charge >= 0.3 is 0 Å². The van der Waals surface area contributed by atoms with Crippen LogP contribution in [0.1, 0.15) is 16.1 Å². The van der Waals surface area contributed by atoms with Crippen LogP contribution < -0.4 is 10.1 Å². The Kier molecular flexibility index (Phi) is 4.15. The van der Waals surface area contributed by atoms with E-state index >= 15 is 0 Å². The van der Waals surface area contributed by atoms with Crippen molar-refractivity contribution < 1.29 is 13.9 Å². The van der Waals surface area contributed by atoms with Gasteiger partial charge in [0.05, 0.1) is 33.8 Å². The summed E-state index contributed by atoms with van der Waals surface area (Å²) >= 11 is 12.1. The number of pyridine rings is 1. The molecule has 2 heterocycles. The maximum Gasteiger partial charge on any atom is 0.259 e. The van der Waals surface area contributed by atoms with E-state index < -0.39 is 0 Å². The van der Waals surface area contributed by atoms with Gasteiger partial charge in [0.25, 0.3) is 5.91 Å². The standard InChI is InChI=1S/C16H12Cl2N2O3/c1-8-5-10-13(22-2)4-3-9(15(10)23-8)16(21)20-14-11(17)6-19-7-12(14)18/h3-7H,1-2H3,(H,19,20,21). The zero-order valence-corrected chi connectivity index (χ0v) is 13.8. The van der Waals surface area contributed by atoms with Gasteiger partial charge in [0.15, 0.2) is 5.58 Å². The Morgan fingerprint density at radius 2 is 1.96 bits per heavy atom. The van der Waals surface area contributed by atoms with Gasteiger partial charge in [0, 0.05) is 12.4 Å². The number of aromatic nitrogens is 1. The molecule has 0 spiro atoms. The molecule has 3 aromatic rings. The molecule has 0 aliphatic rings. The molecule has 118 valence electrons. The average Bonchev–Trinajstić information content (AvgIpc) is 2.91. The van der Waals surface area contributed by atoms with Gasteiger partial charge in [0.2, 0.25) is 0 Å². The molecule has 0 unspecified atom stereocenters. The number of nitrogens with one attached hydrogen (secondary N) is 1. The Balaban J connectivity index is 2.05. The highest BCUT2D eigenvalue weighted by Gasteiger charge is 2.19. The zero-order valence-electron chi connectivity index (χ0n) is 12.3. The Bertz CT molecular complexity index is 885. The van der Waals surface area contributed by atoms with Crippen LogP contribution in [0.4, 0.5) is 5.69 Å². The summed E-state index contributed by atoms with van der Waals surface area (Å²) in [5.74, 6) is 0.925. The van der Waals surface area contributed by atoms with Crippen molar-refractivity contribution in [3.8, 4) is 5.75 Å². The van der Waals surface area contributed by atoms with E-state index in [1.54, 1.807) is 26.2 Å². The van der Waals surface area contributed by atoms with E-state index in [-0.39, 0.29) is 16.0 Å². The first-order valence-corrected chi connectivity index (χ1v) is 7.44. The maximum absolute atomic E-state index is 12.6. The molecule has 5 nitrogen and oxygen atoms in total. The number of rotatable bonds is 3. The number of nitrogens with zero attached hydrogens (tertiary/aromatic N) is 1. The van der Waals surface area contributed by atoms with Crippen molar-refractivity contribution in [3.63, 3.8) is 0 Å². The van der Waals surface area contributed by atoms with E-state index in [0.717, 1.165) is 5.39 Å². The number of ether oxygens (including phenoxy) is 1. The fourth-order valence-electron chi connectivity index (χ4n) is 2.29. The lowest BCUT2D eigenvalue weighted by Crippen LogP contribution is -2.13. The second-order valence-electron chi connectivity index (χ2n) is 4.85. The molecule has 0 radical (unpaired) electrons. The Labute approximate surface area is 142 Å². The van der Waals surface area contributed by atoms with Crippen LogP contribution in [0, 0.1) is 6.92 Å². The molecule has 2 aromatic heterocycles. The second-order valence-corrected chi connectivity index (χ2v) is 5.66. The predicted octanol–water partition coefficient (Wildman–Crippen LogP) is 4.70. The van der Waals surface area contributed by atoms with Crippen molar-refractivity contribution in [3.05, 3.63) is 52.0 Å². The van der Waals surface area contributed by atoms with Crippen LogP contribution >= 0.6 is 23.2 Å². The fourth-order valence-corrected chi connectivity index (χ4v) is 2.75. The number of furan rings is 1. The van der Waals surface area contributed by atoms with Crippen molar-refractivity contribution in [2.45, 2.75) is 6.92 Å². The number of fused-ring (bicyclic) bond motifs is 1. The fraction of sp³-hybridized carbons (Fsp3) is 0.125. The summed E-state index contributed by atoms with van der Waals surface area (Å²) in [6.07, 6.45) is 2.81. The molecule has 3 rings (SSSR count). The second kappa shape index (κ2) is 6.10. The summed E-state index contributed by atoms with van der Waals surface area (Å²) in [6, 6.07) is 5.15. The van der Waals surface area contributed by atoms with Crippen molar-refractivity contribution in [2.75, 3.05) is 12.4 Å². The molecule has 0 aliphatic carbocycles. The minimum atomic E-state index is -0.387. The quantitative estimate of drug-likeness (QED) is 0.743. The molecule has 0 fully saturated rings. The molecule has 1 aromatic carbocycles. The summed E-state index contributed by atoms with van der Waals surface area (Å²) in [5.41, 5.74) is 1.11. The summed E-state index contributed by atoms with van der Waals surface area (Å²) in [6.45, 7) is 1.80. The van der Waals surface area contributed by atoms with Gasteiger partial charge < -0.3 is 14.5 Å². The van der Waals surface area contributed by atoms with E-state index in [2.05, 4.69) is 10.3 Å². The van der Waals surface area contributed by atoms with Gasteiger partial charge in [0.1, 0.15) is 11.5 Å². The summed E-state index contributed by atoms with van der Waals surface area (Å²) in [7, 11) is 1.56. The van der Waals surface area contributed by atoms with Crippen molar-refractivity contribution in [1.82, 2.24) is 4.98 Å². The Morgan fingerprint density at radius 1 is 1.26 bits per heavy atom. The first-order valence-electron chi connectivity index (χ1n) is 6.68. The maximum atomic E-state index is 12.6. The largest absolute Gasteiger partial charge is 0.496 e. The van der Waals surface area contributed by atoms with Crippen LogP contribution in [-0.2, 0) is 0 Å². The van der Waals surface area contributed by atoms with Crippen LogP contribution in [0.2, 0.25) is 10.0 Å². The minimum Gasteiger partial charge on any atom is -0.496 e. The number of anilines is 1. The number of carbonyl (C=O) groups excluding carboxylic acids is 1. The molecule has 1 N–H and O–H groups in total. The average molecular weight is 351 g/mol. The molecule has 0 atom stereocenters. The van der Waals surface area contributed by atoms with Gasteiger partial charge in [-0.25, -0.2) is 0 Å². The van der Waals surface area contributed by atoms with Gasteiger partial charge in [-0.15, -0.1) is 0 Å². The number of benzene rings is 1. The van der Waals surface area contributed by atoms with Gasteiger partial charge in [-0.1, -0.05) is 23.2 Å². The molecule has 7 heteroatoms. The van der Waals surface area contributed by atoms with Crippen molar-refractivity contribution in [1.29, 1.82) is 0 Å². The van der Waals surface area contributed by atoms with E-state index in [0.29, 0.717) is 28.3 Å². The lowest BCUT2D eigenvalue weighted by Gasteiger charge is -2.10. The Morgan fingerprint density at radius 3 is 2.61 bits per heavy atom. The number of aryl methyl sites for hydroxylation is 1. The smallest absolute Gasteiger partial charge is 0.259 e. The molecule has 0 saturated heterocycles. The number of amides is 1. The topological polar surface area (TPSA) is 64.4 Å². The normalized spacial score (nSPS) is 10.8. The van der Waals surface area contributed by atoms with Gasteiger partial charge in [-0.05, 0) is 25.1 Å². The van der Waals surface area contributed by atoms with Gasteiger partial charge in [-0.3, -0.25) is 9.78 Å². The minimum absolute atomic E-state index is 0.256. The van der Waals surface area contributed by atoms with Crippen LogP contribution in [0.15, 0.2) is 35.0 Å². The van der Waals surface area contributed by atoms with Gasteiger partial charge in [-0.2, -0.15) is 0 Å². The molecule has 0 aliphatic heterocycles. The van der Waals surface area contributed by atoms with Crippen molar-refractivity contribution in [2.24, 2.45) is 0 Å². The van der Waals surface area contributed by atoms with Crippen LogP contribution in [0.5, 0.6) is 5.75 Å². The first kappa shape index (κ1) is 15.6. The third kappa shape index (κ3) is 2.85. The van der Waals surface area contributed by atoms with E-state index in [9.17, 15) is 4.79 Å². The highest BCUT2D eigenvalue weighted by Crippen LogP contribution is 2.33. The Hall–Kier alpha value is -2.24. The number of halogens is 2. The molecule has 0 saturated carbocycles. The van der Waals surface area contributed by atoms with E-state index in [1.165, 1.54) is 12.4 Å². The highest BCUT2D eigenvalue weighted by atomic mass is 35.5. The summed E-state index contributed by atoms with van der Waals surface area (Å²) in [5, 5.41) is 3.93. The van der Waals surface area contributed by atoms with Crippen LogP contribution in [0.25, 0.3) is 11.0 Å². The predicted molar refractivity (Wildman–Crippen MR) is 89.7 cm³/mol. The van der Waals surface area contributed by atoms with E-state index in [1.807, 2.05) is 6.07 Å². The molecule has 0 bridgehead atoms. The molecule has 1 amide bonds. The lowest BCUT2D eigenvalue weighted by molar-refractivity contribution is 0.102. The number of carbonyl (C=O) groups is 1. The molecule has 23 heavy (non-hydrogen) atoms. The number of methoxy groups -OCH3 is 1. The third-order valence-corrected chi connectivity index (χ3v) is 3.90. The monoisotopic (exact) mass is 350 g/mol. The molecular weight excluding hydrogens is 339 g/mol. The van der Waals surface area contributed by atoms with Crippen molar-refractivity contribution >= 4 is 45.8 Å². The SMILES string of the molecule is COc1ccc(C(=O)Nc2c(Cl)cncc2Cl)c2oc(C)cc12. The number of hydrogen-bond donors (Lipinski definition) is 1.